The van der Waals surface area contributed by atoms with Crippen molar-refractivity contribution in [2.45, 2.75) is 70.9 Å². The third kappa shape index (κ3) is 8.61. The maximum atomic E-state index is 13.2. The van der Waals surface area contributed by atoms with E-state index in [2.05, 4.69) is 86.4 Å². The highest BCUT2D eigenvalue weighted by atomic mass is 32.1. The quantitative estimate of drug-likeness (QED) is 0.186. The van der Waals surface area contributed by atoms with Crippen LogP contribution < -0.4 is 16.4 Å². The van der Waals surface area contributed by atoms with Crippen LogP contribution in [0.15, 0.2) is 73.1 Å². The molecule has 0 spiro atoms. The molecule has 2 aromatic heterocycles. The highest BCUT2D eigenvalue weighted by Gasteiger charge is 2.27. The fourth-order valence-corrected chi connectivity index (χ4v) is 5.58. The molecule has 0 fully saturated rings. The average Bonchev–Trinajstić information content (AvgIpc) is 3.51. The Balaban J connectivity index is 1.50. The molecule has 0 aliphatic rings. The van der Waals surface area contributed by atoms with Crippen LogP contribution in [0.3, 0.4) is 0 Å². The zero-order valence-electron chi connectivity index (χ0n) is 26.5. The highest BCUT2D eigenvalue weighted by Crippen LogP contribution is 2.30. The monoisotopic (exact) mass is 627 g/mol. The zero-order chi connectivity index (χ0) is 32.9. The first-order chi connectivity index (χ1) is 21.2. The standard InChI is InChI=1S/C35H41N5O4S/c1-34(2,3)25-13-11-22(12-14-25)24-19-37-30(38-20-24)23-9-7-21(8-10-23)17-26(31(41)40-27(18-36)33(43)44)39-32(42)28-15-16-29(45-28)35(4,5)6/h7-16,19-20,26-27H,17-18,36H2,1-6H3,(H,39,42)(H,40,41)(H,43,44)/t26-,27?/m0/s1. The molecule has 4 rings (SSSR count). The predicted molar refractivity (Wildman–Crippen MR) is 178 cm³/mol. The van der Waals surface area contributed by atoms with Crippen molar-refractivity contribution in [3.63, 3.8) is 0 Å². The van der Waals surface area contributed by atoms with Gasteiger partial charge in [-0.1, -0.05) is 90.1 Å². The van der Waals surface area contributed by atoms with Crippen LogP contribution in [0, 0.1) is 0 Å². The molecule has 0 aliphatic carbocycles. The predicted octanol–water partition coefficient (Wildman–Crippen LogP) is 5.34. The molecule has 0 bridgehead atoms. The number of nitrogens with one attached hydrogen (secondary N) is 2. The summed E-state index contributed by atoms with van der Waals surface area (Å²) in [5.41, 5.74) is 10.3. The van der Waals surface area contributed by atoms with Crippen molar-refractivity contribution in [2.75, 3.05) is 6.54 Å². The zero-order valence-corrected chi connectivity index (χ0v) is 27.4. The summed E-state index contributed by atoms with van der Waals surface area (Å²) in [6.07, 6.45) is 3.73. The molecule has 45 heavy (non-hydrogen) atoms. The molecule has 2 atom stereocenters. The molecule has 10 heteroatoms. The van der Waals surface area contributed by atoms with Gasteiger partial charge in [0.25, 0.3) is 5.91 Å². The second kappa shape index (κ2) is 13.7. The summed E-state index contributed by atoms with van der Waals surface area (Å²) in [5, 5.41) is 14.6. The van der Waals surface area contributed by atoms with E-state index < -0.39 is 29.9 Å². The van der Waals surface area contributed by atoms with Crippen LogP contribution in [0.25, 0.3) is 22.5 Å². The number of aliphatic carboxylic acids is 1. The maximum Gasteiger partial charge on any atom is 0.327 e. The summed E-state index contributed by atoms with van der Waals surface area (Å²) >= 11 is 1.36. The number of carboxylic acid groups (broad SMARTS) is 1. The van der Waals surface area contributed by atoms with Crippen molar-refractivity contribution in [3.05, 3.63) is 93.9 Å². The summed E-state index contributed by atoms with van der Waals surface area (Å²) in [6, 6.07) is 17.1. The van der Waals surface area contributed by atoms with E-state index in [4.69, 9.17) is 5.73 Å². The van der Waals surface area contributed by atoms with Gasteiger partial charge in [-0.15, -0.1) is 11.3 Å². The first-order valence-corrected chi connectivity index (χ1v) is 15.6. The van der Waals surface area contributed by atoms with Crippen molar-refractivity contribution in [3.8, 4) is 22.5 Å². The number of hydrogen-bond acceptors (Lipinski definition) is 7. The minimum Gasteiger partial charge on any atom is -0.480 e. The molecule has 5 N–H and O–H groups in total. The lowest BCUT2D eigenvalue weighted by molar-refractivity contribution is -0.141. The van der Waals surface area contributed by atoms with E-state index in [9.17, 15) is 19.5 Å². The number of carbonyl (C=O) groups is 3. The van der Waals surface area contributed by atoms with Gasteiger partial charge < -0.3 is 21.5 Å². The molecule has 0 aliphatic heterocycles. The molecule has 4 aromatic rings. The first-order valence-electron chi connectivity index (χ1n) is 14.8. The number of nitrogens with zero attached hydrogens (tertiary/aromatic N) is 2. The van der Waals surface area contributed by atoms with Crippen LogP contribution in [-0.4, -0.2) is 51.5 Å². The maximum absolute atomic E-state index is 13.2. The Morgan fingerprint density at radius 3 is 1.89 bits per heavy atom. The smallest absolute Gasteiger partial charge is 0.327 e. The number of hydrogen-bond donors (Lipinski definition) is 4. The first kappa shape index (κ1) is 33.5. The Bertz CT molecular complexity index is 1630. The highest BCUT2D eigenvalue weighted by molar-refractivity contribution is 7.14. The van der Waals surface area contributed by atoms with Gasteiger partial charge in [0.2, 0.25) is 5.91 Å². The summed E-state index contributed by atoms with van der Waals surface area (Å²) in [4.78, 5) is 48.5. The normalized spacial score (nSPS) is 13.1. The van der Waals surface area contributed by atoms with Gasteiger partial charge in [0.15, 0.2) is 5.82 Å². The number of nitrogens with two attached hydrogens (primary N) is 1. The molecule has 236 valence electrons. The number of aromatic nitrogens is 2. The summed E-state index contributed by atoms with van der Waals surface area (Å²) in [7, 11) is 0. The Hall–Kier alpha value is -4.41. The lowest BCUT2D eigenvalue weighted by Gasteiger charge is -2.21. The molecular weight excluding hydrogens is 586 g/mol. The number of benzene rings is 2. The van der Waals surface area contributed by atoms with Gasteiger partial charge in [-0.2, -0.15) is 0 Å². The van der Waals surface area contributed by atoms with Gasteiger partial charge in [-0.25, -0.2) is 14.8 Å². The second-order valence-corrected chi connectivity index (χ2v) is 14.2. The largest absolute Gasteiger partial charge is 0.480 e. The minimum atomic E-state index is -1.27. The van der Waals surface area contributed by atoms with Crippen molar-refractivity contribution >= 4 is 29.1 Å². The van der Waals surface area contributed by atoms with Gasteiger partial charge in [0.05, 0.1) is 4.88 Å². The topological polar surface area (TPSA) is 147 Å². The van der Waals surface area contributed by atoms with Crippen LogP contribution in [0.2, 0.25) is 0 Å². The van der Waals surface area contributed by atoms with E-state index in [0.717, 1.165) is 27.1 Å². The molecule has 2 amide bonds. The third-order valence-corrected chi connectivity index (χ3v) is 8.94. The van der Waals surface area contributed by atoms with Crippen molar-refractivity contribution in [1.29, 1.82) is 0 Å². The van der Waals surface area contributed by atoms with E-state index >= 15 is 0 Å². The Labute approximate surface area is 268 Å². The number of rotatable bonds is 10. The minimum absolute atomic E-state index is 0.0754. The van der Waals surface area contributed by atoms with Crippen LogP contribution in [0.5, 0.6) is 0 Å². The van der Waals surface area contributed by atoms with E-state index in [0.29, 0.717) is 10.7 Å². The van der Waals surface area contributed by atoms with Crippen molar-refractivity contribution in [1.82, 2.24) is 20.6 Å². The summed E-state index contributed by atoms with van der Waals surface area (Å²) < 4.78 is 0. The fraction of sp³-hybridized carbons (Fsp3) is 0.343. The molecule has 0 saturated carbocycles. The lowest BCUT2D eigenvalue weighted by atomic mass is 9.86. The Kier molecular flexibility index (Phi) is 10.2. The molecule has 9 nitrogen and oxygen atoms in total. The Morgan fingerprint density at radius 1 is 0.778 bits per heavy atom. The molecule has 0 radical (unpaired) electrons. The van der Waals surface area contributed by atoms with Crippen molar-refractivity contribution in [2.24, 2.45) is 5.73 Å². The van der Waals surface area contributed by atoms with Gasteiger partial charge in [-0.05, 0) is 39.7 Å². The summed E-state index contributed by atoms with van der Waals surface area (Å²) in [6.45, 7) is 12.4. The molecule has 0 saturated heterocycles. The van der Waals surface area contributed by atoms with E-state index in [1.807, 2.05) is 30.3 Å². The number of carboxylic acids is 1. The number of thiophene rings is 1. The lowest BCUT2D eigenvalue weighted by Crippen LogP contribution is -2.54. The van der Waals surface area contributed by atoms with E-state index in [1.165, 1.54) is 16.9 Å². The average molecular weight is 628 g/mol. The SMILES string of the molecule is CC(C)(C)c1ccc(-c2cnc(-c3ccc(C[C@H](NC(=O)c4ccc(C(C)(C)C)s4)C(=O)NC(CN)C(=O)O)cc3)nc2)cc1. The van der Waals surface area contributed by atoms with Crippen molar-refractivity contribution < 1.29 is 19.5 Å². The third-order valence-electron chi connectivity index (χ3n) is 7.43. The van der Waals surface area contributed by atoms with Gasteiger partial charge in [-0.3, -0.25) is 9.59 Å². The second-order valence-electron chi connectivity index (χ2n) is 13.1. The van der Waals surface area contributed by atoms with Gasteiger partial charge >= 0.3 is 5.97 Å². The van der Waals surface area contributed by atoms with Crippen LogP contribution in [0.4, 0.5) is 0 Å². The molecule has 2 aromatic carbocycles. The number of carbonyl (C=O) groups excluding carboxylic acids is 2. The Morgan fingerprint density at radius 2 is 1.38 bits per heavy atom. The van der Waals surface area contributed by atoms with Crippen LogP contribution in [-0.2, 0) is 26.8 Å². The van der Waals surface area contributed by atoms with Gasteiger partial charge in [0.1, 0.15) is 12.1 Å². The molecule has 1 unspecified atom stereocenters. The fourth-order valence-electron chi connectivity index (χ4n) is 4.61. The molecular formula is C35H41N5O4S. The van der Waals surface area contributed by atoms with Gasteiger partial charge in [0, 0.05) is 41.4 Å². The van der Waals surface area contributed by atoms with E-state index in [-0.39, 0.29) is 23.8 Å². The number of amides is 2. The van der Waals surface area contributed by atoms with Crippen LogP contribution in [0.1, 0.15) is 67.2 Å². The van der Waals surface area contributed by atoms with E-state index in [1.54, 1.807) is 18.5 Å². The van der Waals surface area contributed by atoms with Crippen LogP contribution >= 0.6 is 11.3 Å². The summed E-state index contributed by atoms with van der Waals surface area (Å²) in [5.74, 6) is -1.74. The molecule has 2 heterocycles.